The fourth-order valence-electron chi connectivity index (χ4n) is 2.44. The number of benzene rings is 1. The van der Waals surface area contributed by atoms with Gasteiger partial charge in [-0.1, -0.05) is 13.0 Å². The Morgan fingerprint density at radius 1 is 1.33 bits per heavy atom. The molecule has 0 aliphatic carbocycles. The highest BCUT2D eigenvalue weighted by Gasteiger charge is 2.21. The summed E-state index contributed by atoms with van der Waals surface area (Å²) in [6, 6.07) is 5.11. The highest BCUT2D eigenvalue weighted by Crippen LogP contribution is 2.28. The lowest BCUT2D eigenvalue weighted by Crippen LogP contribution is -2.34. The maximum Gasteiger partial charge on any atom is 0.123 e. The Hall–Kier alpha value is -0.890. The minimum atomic E-state index is -0.117. The van der Waals surface area contributed by atoms with Crippen LogP contribution in [0.4, 0.5) is 4.39 Å². The normalized spacial score (nSPS) is 26.6. The molecule has 1 N–H and O–H groups in total. The molecule has 0 aromatic heterocycles. The van der Waals surface area contributed by atoms with Crippen LogP contribution in [0.3, 0.4) is 0 Å². The van der Waals surface area contributed by atoms with Crippen molar-refractivity contribution in [3.8, 4) is 0 Å². The van der Waals surface area contributed by atoms with Crippen LogP contribution < -0.4 is 5.32 Å². The highest BCUT2D eigenvalue weighted by molar-refractivity contribution is 5.30. The van der Waals surface area contributed by atoms with Crippen LogP contribution in [0.1, 0.15) is 30.4 Å². The van der Waals surface area contributed by atoms with Gasteiger partial charge in [-0.2, -0.15) is 0 Å². The molecule has 2 rings (SSSR count). The fourth-order valence-corrected chi connectivity index (χ4v) is 2.44. The summed E-state index contributed by atoms with van der Waals surface area (Å²) in [5, 5.41) is 3.41. The third-order valence-electron chi connectivity index (χ3n) is 3.25. The monoisotopic (exact) mass is 207 g/mol. The van der Waals surface area contributed by atoms with E-state index in [0.29, 0.717) is 11.8 Å². The van der Waals surface area contributed by atoms with Crippen LogP contribution in [0.15, 0.2) is 18.2 Å². The van der Waals surface area contributed by atoms with Gasteiger partial charge in [0.25, 0.3) is 0 Å². The molecule has 0 radical (unpaired) electrons. The van der Waals surface area contributed by atoms with E-state index in [1.807, 2.05) is 6.07 Å². The van der Waals surface area contributed by atoms with E-state index in [-0.39, 0.29) is 5.82 Å². The average Bonchev–Trinajstić information content (AvgIpc) is 2.22. The van der Waals surface area contributed by atoms with Crippen LogP contribution in [0.25, 0.3) is 0 Å². The fraction of sp³-hybridized carbons (Fsp3) is 0.538. The van der Waals surface area contributed by atoms with Gasteiger partial charge in [-0.15, -0.1) is 0 Å². The number of rotatable bonds is 1. The second-order valence-electron chi connectivity index (χ2n) is 4.70. The minimum absolute atomic E-state index is 0.117. The molecule has 82 valence electrons. The molecule has 1 aromatic carbocycles. The molecule has 0 amide bonds. The molecule has 0 spiro atoms. The van der Waals surface area contributed by atoms with Crippen molar-refractivity contribution in [2.75, 3.05) is 13.1 Å². The Labute approximate surface area is 90.7 Å². The maximum atomic E-state index is 13.2. The van der Waals surface area contributed by atoms with Crippen molar-refractivity contribution in [2.45, 2.75) is 26.2 Å². The van der Waals surface area contributed by atoms with E-state index in [0.717, 1.165) is 19.5 Å². The van der Waals surface area contributed by atoms with Crippen molar-refractivity contribution in [1.82, 2.24) is 5.32 Å². The molecular weight excluding hydrogens is 189 g/mol. The Morgan fingerprint density at radius 2 is 2.13 bits per heavy atom. The zero-order valence-corrected chi connectivity index (χ0v) is 9.39. The van der Waals surface area contributed by atoms with E-state index >= 15 is 0 Å². The minimum Gasteiger partial charge on any atom is -0.316 e. The zero-order chi connectivity index (χ0) is 10.8. The Bertz CT molecular complexity index is 348. The van der Waals surface area contributed by atoms with Crippen LogP contribution in [-0.4, -0.2) is 13.1 Å². The summed E-state index contributed by atoms with van der Waals surface area (Å²) < 4.78 is 13.2. The number of aryl methyl sites for hydroxylation is 1. The molecule has 2 heteroatoms. The number of hydrogen-bond donors (Lipinski definition) is 1. The average molecular weight is 207 g/mol. The lowest BCUT2D eigenvalue weighted by atomic mass is 9.84. The summed E-state index contributed by atoms with van der Waals surface area (Å²) in [6.45, 7) is 6.38. The molecule has 1 nitrogen and oxygen atoms in total. The standard InChI is InChI=1S/C13H18FN/c1-9-5-11(8-15-7-9)13-6-12(14)4-3-10(13)2/h3-4,6,9,11,15H,5,7-8H2,1-2H3. The van der Waals surface area contributed by atoms with Gasteiger partial charge in [0.2, 0.25) is 0 Å². The first-order valence-electron chi connectivity index (χ1n) is 5.63. The van der Waals surface area contributed by atoms with Crippen LogP contribution in [-0.2, 0) is 0 Å². The van der Waals surface area contributed by atoms with E-state index < -0.39 is 0 Å². The molecule has 0 bridgehead atoms. The van der Waals surface area contributed by atoms with Gasteiger partial charge in [-0.3, -0.25) is 0 Å². The number of halogens is 1. The number of hydrogen-bond acceptors (Lipinski definition) is 1. The van der Waals surface area contributed by atoms with E-state index in [1.54, 1.807) is 12.1 Å². The summed E-state index contributed by atoms with van der Waals surface area (Å²) in [7, 11) is 0. The Morgan fingerprint density at radius 3 is 2.87 bits per heavy atom. The van der Waals surface area contributed by atoms with Gasteiger partial charge in [-0.05, 0) is 55.0 Å². The summed E-state index contributed by atoms with van der Waals surface area (Å²) in [6.07, 6.45) is 1.16. The molecule has 1 heterocycles. The van der Waals surface area contributed by atoms with Crippen LogP contribution in [0.2, 0.25) is 0 Å². The van der Waals surface area contributed by atoms with Crippen LogP contribution in [0.5, 0.6) is 0 Å². The van der Waals surface area contributed by atoms with Gasteiger partial charge in [0.1, 0.15) is 5.82 Å². The molecule has 15 heavy (non-hydrogen) atoms. The van der Waals surface area contributed by atoms with Gasteiger partial charge in [0.05, 0.1) is 0 Å². The van der Waals surface area contributed by atoms with Gasteiger partial charge in [-0.25, -0.2) is 4.39 Å². The van der Waals surface area contributed by atoms with Crippen LogP contribution >= 0.6 is 0 Å². The Kier molecular flexibility index (Phi) is 3.06. The van der Waals surface area contributed by atoms with Gasteiger partial charge in [0.15, 0.2) is 0 Å². The van der Waals surface area contributed by atoms with Crippen LogP contribution in [0, 0.1) is 18.7 Å². The molecule has 2 unspecified atom stereocenters. The summed E-state index contributed by atoms with van der Waals surface area (Å²) in [4.78, 5) is 0. The van der Waals surface area contributed by atoms with E-state index in [9.17, 15) is 4.39 Å². The molecule has 1 aromatic rings. The van der Waals surface area contributed by atoms with E-state index in [1.165, 1.54) is 11.1 Å². The van der Waals surface area contributed by atoms with Crippen molar-refractivity contribution in [3.63, 3.8) is 0 Å². The van der Waals surface area contributed by atoms with Crippen molar-refractivity contribution >= 4 is 0 Å². The first-order valence-corrected chi connectivity index (χ1v) is 5.63. The first-order chi connectivity index (χ1) is 7.16. The summed E-state index contributed by atoms with van der Waals surface area (Å²) in [5.74, 6) is 1.05. The molecular formula is C13H18FN. The second kappa shape index (κ2) is 4.31. The highest BCUT2D eigenvalue weighted by atomic mass is 19.1. The second-order valence-corrected chi connectivity index (χ2v) is 4.70. The molecule has 1 fully saturated rings. The van der Waals surface area contributed by atoms with E-state index in [2.05, 4.69) is 19.2 Å². The topological polar surface area (TPSA) is 12.0 Å². The lowest BCUT2D eigenvalue weighted by Gasteiger charge is -2.29. The number of nitrogens with one attached hydrogen (secondary N) is 1. The third-order valence-corrected chi connectivity index (χ3v) is 3.25. The lowest BCUT2D eigenvalue weighted by molar-refractivity contribution is 0.362. The first kappa shape index (κ1) is 10.6. The summed E-state index contributed by atoms with van der Waals surface area (Å²) in [5.41, 5.74) is 2.38. The molecule has 1 aliphatic heterocycles. The third kappa shape index (κ3) is 2.37. The largest absolute Gasteiger partial charge is 0.316 e. The quantitative estimate of drug-likeness (QED) is 0.746. The van der Waals surface area contributed by atoms with Crippen molar-refractivity contribution < 1.29 is 4.39 Å². The maximum absolute atomic E-state index is 13.2. The number of piperidine rings is 1. The SMILES string of the molecule is Cc1ccc(F)cc1C1CNCC(C)C1. The summed E-state index contributed by atoms with van der Waals surface area (Å²) >= 11 is 0. The van der Waals surface area contributed by atoms with Gasteiger partial charge < -0.3 is 5.32 Å². The predicted molar refractivity (Wildman–Crippen MR) is 60.5 cm³/mol. The van der Waals surface area contributed by atoms with Crippen molar-refractivity contribution in [1.29, 1.82) is 0 Å². The predicted octanol–water partition coefficient (Wildman–Crippen LogP) is 2.85. The molecule has 2 atom stereocenters. The van der Waals surface area contributed by atoms with Crippen molar-refractivity contribution in [2.24, 2.45) is 5.92 Å². The van der Waals surface area contributed by atoms with Gasteiger partial charge in [0, 0.05) is 6.54 Å². The van der Waals surface area contributed by atoms with E-state index in [4.69, 9.17) is 0 Å². The van der Waals surface area contributed by atoms with Gasteiger partial charge >= 0.3 is 0 Å². The molecule has 0 saturated carbocycles. The van der Waals surface area contributed by atoms with Crippen molar-refractivity contribution in [3.05, 3.63) is 35.1 Å². The molecule has 1 aliphatic rings. The Balaban J connectivity index is 2.24. The smallest absolute Gasteiger partial charge is 0.123 e. The molecule has 1 saturated heterocycles. The zero-order valence-electron chi connectivity index (χ0n) is 9.39.